The molecule has 0 aliphatic carbocycles. The Balaban J connectivity index is 1.34. The van der Waals surface area contributed by atoms with Crippen LogP contribution in [0.2, 0.25) is 0 Å². The highest BCUT2D eigenvalue weighted by Gasteiger charge is 2.20. The Labute approximate surface area is 201 Å². The molecule has 4 rings (SSSR count). The van der Waals surface area contributed by atoms with Gasteiger partial charge in [0.25, 0.3) is 0 Å². The quantitative estimate of drug-likeness (QED) is 0.418. The van der Waals surface area contributed by atoms with Crippen molar-refractivity contribution >= 4 is 33.6 Å². The van der Waals surface area contributed by atoms with Gasteiger partial charge in [-0.3, -0.25) is 4.79 Å². The van der Waals surface area contributed by atoms with E-state index in [0.29, 0.717) is 36.9 Å². The van der Waals surface area contributed by atoms with Crippen molar-refractivity contribution in [2.75, 3.05) is 18.5 Å². The van der Waals surface area contributed by atoms with Gasteiger partial charge in [-0.05, 0) is 82.4 Å². The first-order valence-electron chi connectivity index (χ1n) is 10.9. The van der Waals surface area contributed by atoms with E-state index in [1.165, 1.54) is 11.1 Å². The molecule has 0 aromatic heterocycles. The number of ether oxygens (including phenoxy) is 2. The van der Waals surface area contributed by atoms with E-state index in [4.69, 9.17) is 9.47 Å². The van der Waals surface area contributed by atoms with Gasteiger partial charge in [0.1, 0.15) is 11.5 Å². The summed E-state index contributed by atoms with van der Waals surface area (Å²) in [5.41, 5.74) is 4.05. The number of hydrogen-bond acceptors (Lipinski definition) is 4. The largest absolute Gasteiger partial charge is 0.466 e. The number of nitrogens with zero attached hydrogens (tertiary/aromatic N) is 1. The fourth-order valence-corrected chi connectivity index (χ4v) is 4.23. The summed E-state index contributed by atoms with van der Waals surface area (Å²) in [6.07, 6.45) is 1.08. The van der Waals surface area contributed by atoms with Crippen LogP contribution in [0.4, 0.5) is 10.5 Å². The summed E-state index contributed by atoms with van der Waals surface area (Å²) in [6, 6.07) is 20.8. The molecule has 6 nitrogen and oxygen atoms in total. The number of hydrogen-bond donors (Lipinski definition) is 1. The number of halogens is 1. The van der Waals surface area contributed by atoms with Crippen LogP contribution in [-0.2, 0) is 28.9 Å². The van der Waals surface area contributed by atoms with Crippen LogP contribution in [0.1, 0.15) is 23.6 Å². The molecule has 0 atom stereocenters. The summed E-state index contributed by atoms with van der Waals surface area (Å²) < 4.78 is 11.7. The zero-order valence-corrected chi connectivity index (χ0v) is 19.9. The lowest BCUT2D eigenvalue weighted by atomic mass is 10.0. The lowest BCUT2D eigenvalue weighted by Gasteiger charge is -2.29. The lowest BCUT2D eigenvalue weighted by molar-refractivity contribution is -0.142. The zero-order valence-electron chi connectivity index (χ0n) is 18.3. The number of amides is 2. The van der Waals surface area contributed by atoms with E-state index >= 15 is 0 Å². The summed E-state index contributed by atoms with van der Waals surface area (Å²) in [5, 5.41) is 2.96. The Hall–Kier alpha value is -3.32. The molecular formula is C26H25BrN2O4. The second-order valence-corrected chi connectivity index (χ2v) is 8.60. The third-order valence-electron chi connectivity index (χ3n) is 5.40. The predicted octanol–water partition coefficient (Wildman–Crippen LogP) is 5.94. The van der Waals surface area contributed by atoms with Crippen molar-refractivity contribution in [3.05, 3.63) is 87.9 Å². The standard InChI is InChI=1S/C26H25BrN2O4/c1-2-32-25(30)16-18-7-12-24(23(27)15-18)33-22-10-8-21(9-11-22)28-26(31)29-14-13-19-5-3-4-6-20(19)17-29/h3-12,15H,2,13-14,16-17H2,1H3,(H,28,31). The average Bonchev–Trinajstić information content (AvgIpc) is 2.82. The molecule has 7 heteroatoms. The van der Waals surface area contributed by atoms with E-state index in [0.717, 1.165) is 16.5 Å². The monoisotopic (exact) mass is 508 g/mol. The van der Waals surface area contributed by atoms with E-state index in [-0.39, 0.29) is 18.4 Å². The molecule has 1 aliphatic heterocycles. The molecule has 3 aromatic rings. The first-order valence-corrected chi connectivity index (χ1v) is 11.7. The molecule has 0 fully saturated rings. The van der Waals surface area contributed by atoms with E-state index < -0.39 is 0 Å². The Morgan fingerprint density at radius 1 is 1.03 bits per heavy atom. The van der Waals surface area contributed by atoms with Gasteiger partial charge in [-0.1, -0.05) is 30.3 Å². The van der Waals surface area contributed by atoms with Gasteiger partial charge in [0.05, 0.1) is 17.5 Å². The van der Waals surface area contributed by atoms with Crippen molar-refractivity contribution < 1.29 is 19.1 Å². The summed E-state index contributed by atoms with van der Waals surface area (Å²) in [6.45, 7) is 3.46. The minimum absolute atomic E-state index is 0.113. The molecular weight excluding hydrogens is 484 g/mol. The molecule has 2 amide bonds. The van der Waals surface area contributed by atoms with E-state index in [1.807, 2.05) is 47.4 Å². The Kier molecular flexibility index (Phi) is 7.29. The van der Waals surface area contributed by atoms with Gasteiger partial charge >= 0.3 is 12.0 Å². The minimum atomic E-state index is -0.260. The fraction of sp³-hybridized carbons (Fsp3) is 0.231. The number of anilines is 1. The topological polar surface area (TPSA) is 67.9 Å². The first-order chi connectivity index (χ1) is 16.0. The first kappa shape index (κ1) is 22.9. The predicted molar refractivity (Wildman–Crippen MR) is 131 cm³/mol. The minimum Gasteiger partial charge on any atom is -0.466 e. The van der Waals surface area contributed by atoms with Crippen LogP contribution in [0, 0.1) is 0 Å². The molecule has 1 N–H and O–H groups in total. The van der Waals surface area contributed by atoms with E-state index in [9.17, 15) is 9.59 Å². The maximum Gasteiger partial charge on any atom is 0.322 e. The van der Waals surface area contributed by atoms with Crippen LogP contribution in [0.15, 0.2) is 71.2 Å². The average molecular weight is 509 g/mol. The Morgan fingerprint density at radius 2 is 1.79 bits per heavy atom. The highest BCUT2D eigenvalue weighted by molar-refractivity contribution is 9.10. The van der Waals surface area contributed by atoms with Crippen molar-refractivity contribution in [2.24, 2.45) is 0 Å². The Bertz CT molecular complexity index is 1150. The molecule has 0 radical (unpaired) electrons. The van der Waals surface area contributed by atoms with Gasteiger partial charge < -0.3 is 19.7 Å². The van der Waals surface area contributed by atoms with E-state index in [2.05, 4.69) is 33.4 Å². The van der Waals surface area contributed by atoms with Crippen LogP contribution >= 0.6 is 15.9 Å². The van der Waals surface area contributed by atoms with Gasteiger partial charge in [0.2, 0.25) is 0 Å². The number of carbonyl (C=O) groups is 2. The van der Waals surface area contributed by atoms with Gasteiger partial charge in [0.15, 0.2) is 0 Å². The van der Waals surface area contributed by atoms with Crippen LogP contribution in [-0.4, -0.2) is 30.1 Å². The number of fused-ring (bicyclic) bond motifs is 1. The second kappa shape index (κ2) is 10.5. The molecule has 0 spiro atoms. The van der Waals surface area contributed by atoms with Gasteiger partial charge in [-0.2, -0.15) is 0 Å². The number of rotatable bonds is 6. The maximum absolute atomic E-state index is 12.7. The maximum atomic E-state index is 12.7. The smallest absolute Gasteiger partial charge is 0.322 e. The number of carbonyl (C=O) groups excluding carboxylic acids is 2. The van der Waals surface area contributed by atoms with Crippen LogP contribution in [0.5, 0.6) is 11.5 Å². The van der Waals surface area contributed by atoms with Crippen molar-refractivity contribution in [3.8, 4) is 11.5 Å². The number of nitrogens with one attached hydrogen (secondary N) is 1. The third kappa shape index (κ3) is 5.93. The molecule has 0 bridgehead atoms. The fourth-order valence-electron chi connectivity index (χ4n) is 3.72. The highest BCUT2D eigenvalue weighted by atomic mass is 79.9. The molecule has 33 heavy (non-hydrogen) atoms. The summed E-state index contributed by atoms with van der Waals surface area (Å²) in [5.74, 6) is 1.01. The number of esters is 1. The molecule has 0 saturated carbocycles. The van der Waals surface area contributed by atoms with Gasteiger partial charge in [-0.25, -0.2) is 4.79 Å². The summed E-state index contributed by atoms with van der Waals surface area (Å²) in [4.78, 5) is 26.2. The second-order valence-electron chi connectivity index (χ2n) is 7.74. The van der Waals surface area contributed by atoms with Gasteiger partial charge in [-0.15, -0.1) is 0 Å². The van der Waals surface area contributed by atoms with E-state index in [1.54, 1.807) is 19.1 Å². The highest BCUT2D eigenvalue weighted by Crippen LogP contribution is 2.31. The van der Waals surface area contributed by atoms with Crippen molar-refractivity contribution in [1.82, 2.24) is 4.90 Å². The molecule has 1 aliphatic rings. The molecule has 170 valence electrons. The number of urea groups is 1. The van der Waals surface area contributed by atoms with Crippen LogP contribution in [0.25, 0.3) is 0 Å². The molecule has 1 heterocycles. The third-order valence-corrected chi connectivity index (χ3v) is 6.02. The summed E-state index contributed by atoms with van der Waals surface area (Å²) in [7, 11) is 0. The SMILES string of the molecule is CCOC(=O)Cc1ccc(Oc2ccc(NC(=O)N3CCc4ccccc4C3)cc2)c(Br)c1. The van der Waals surface area contributed by atoms with Crippen molar-refractivity contribution in [3.63, 3.8) is 0 Å². The number of benzene rings is 3. The van der Waals surface area contributed by atoms with Gasteiger partial charge in [0, 0.05) is 18.8 Å². The zero-order chi connectivity index (χ0) is 23.2. The normalized spacial score (nSPS) is 12.6. The molecule has 0 saturated heterocycles. The molecule has 0 unspecified atom stereocenters. The molecule has 3 aromatic carbocycles. The van der Waals surface area contributed by atoms with Crippen molar-refractivity contribution in [1.29, 1.82) is 0 Å². The lowest BCUT2D eigenvalue weighted by Crippen LogP contribution is -2.38. The van der Waals surface area contributed by atoms with Crippen LogP contribution in [0.3, 0.4) is 0 Å². The van der Waals surface area contributed by atoms with Crippen LogP contribution < -0.4 is 10.1 Å². The Morgan fingerprint density at radius 3 is 2.52 bits per heavy atom. The van der Waals surface area contributed by atoms with Crippen molar-refractivity contribution in [2.45, 2.75) is 26.3 Å². The summed E-state index contributed by atoms with van der Waals surface area (Å²) >= 11 is 3.50.